The van der Waals surface area contributed by atoms with Gasteiger partial charge in [-0.3, -0.25) is 0 Å². The molecular weight excluding hydrogens is 495 g/mol. The van der Waals surface area contributed by atoms with Gasteiger partial charge in [-0.05, 0) is 12.1 Å². The zero-order chi connectivity index (χ0) is 25.9. The van der Waals surface area contributed by atoms with Gasteiger partial charge in [0.05, 0.1) is 18.9 Å². The average molecular weight is 519 g/mol. The van der Waals surface area contributed by atoms with Crippen LogP contribution in [0.1, 0.15) is 24.3 Å². The Hall–Kier alpha value is -3.16. The number of carbonyl (C=O) groups excluding carboxylic acids is 1. The van der Waals surface area contributed by atoms with E-state index in [0.717, 1.165) is 24.0 Å². The molecule has 9 nitrogen and oxygen atoms in total. The average Bonchev–Trinajstić information content (AvgIpc) is 3.40. The fourth-order valence-electron chi connectivity index (χ4n) is 4.65. The summed E-state index contributed by atoms with van der Waals surface area (Å²) in [5.41, 5.74) is 0.894. The molecule has 0 radical (unpaired) electrons. The molecule has 12 heteroatoms. The predicted octanol–water partition coefficient (Wildman–Crippen LogP) is 3.36. The standard InChI is InChI=1S/C25H24F3N3O6/c1-33-13-35-23-19(7-8-32)36-20-12-34-25(14-5-3-2-4-6-14)37-24(20)22(23)31-11-18(29-30-31)15-9-16(26)21(28)17(27)10-15/h2-6,8-11,19-20,22-25H,7,12-13H2,1H3/t19-,20-,22-,23+,24+,25+/m1/s1. The van der Waals surface area contributed by atoms with Crippen molar-refractivity contribution in [1.29, 1.82) is 0 Å². The molecule has 1 aromatic heterocycles. The van der Waals surface area contributed by atoms with Crippen LogP contribution in [0, 0.1) is 17.5 Å². The Morgan fingerprint density at radius 3 is 2.59 bits per heavy atom. The Kier molecular flexibility index (Phi) is 7.63. The van der Waals surface area contributed by atoms with Gasteiger partial charge in [-0.15, -0.1) is 5.10 Å². The van der Waals surface area contributed by atoms with Gasteiger partial charge in [0, 0.05) is 24.7 Å². The van der Waals surface area contributed by atoms with Crippen LogP contribution in [0.3, 0.4) is 0 Å². The fraction of sp³-hybridized carbons (Fsp3) is 0.400. The minimum Gasteiger partial charge on any atom is -0.367 e. The van der Waals surface area contributed by atoms with Crippen molar-refractivity contribution in [2.24, 2.45) is 0 Å². The van der Waals surface area contributed by atoms with Crippen molar-refractivity contribution < 1.29 is 41.7 Å². The first kappa shape index (κ1) is 25.5. The van der Waals surface area contributed by atoms with Crippen LogP contribution in [0.15, 0.2) is 48.7 Å². The van der Waals surface area contributed by atoms with Gasteiger partial charge in [-0.25, -0.2) is 17.9 Å². The van der Waals surface area contributed by atoms with Crippen LogP contribution in [-0.4, -0.2) is 66.2 Å². The van der Waals surface area contributed by atoms with Crippen molar-refractivity contribution >= 4 is 6.29 Å². The van der Waals surface area contributed by atoms with E-state index in [9.17, 15) is 18.0 Å². The molecule has 2 aliphatic heterocycles. The molecule has 2 aliphatic rings. The number of hydrogen-bond acceptors (Lipinski definition) is 8. The summed E-state index contributed by atoms with van der Waals surface area (Å²) in [4.78, 5) is 11.4. The lowest BCUT2D eigenvalue weighted by atomic mass is 9.90. The fourth-order valence-corrected chi connectivity index (χ4v) is 4.65. The van der Waals surface area contributed by atoms with Crippen molar-refractivity contribution in [3.63, 3.8) is 0 Å². The smallest absolute Gasteiger partial charge is 0.194 e. The van der Waals surface area contributed by atoms with E-state index in [0.29, 0.717) is 0 Å². The van der Waals surface area contributed by atoms with E-state index in [2.05, 4.69) is 10.3 Å². The summed E-state index contributed by atoms with van der Waals surface area (Å²) in [6.07, 6.45) is -1.21. The largest absolute Gasteiger partial charge is 0.367 e. The number of hydrogen-bond donors (Lipinski definition) is 0. The number of fused-ring (bicyclic) bond motifs is 1. The molecule has 0 spiro atoms. The molecule has 2 fully saturated rings. The second-order valence-corrected chi connectivity index (χ2v) is 8.66. The zero-order valence-electron chi connectivity index (χ0n) is 19.7. The van der Waals surface area contributed by atoms with Gasteiger partial charge < -0.3 is 28.5 Å². The van der Waals surface area contributed by atoms with Gasteiger partial charge in [0.1, 0.15) is 43.1 Å². The third-order valence-electron chi connectivity index (χ3n) is 6.32. The molecule has 3 aromatic rings. The van der Waals surface area contributed by atoms with E-state index in [-0.39, 0.29) is 31.1 Å². The Morgan fingerprint density at radius 1 is 1.14 bits per heavy atom. The lowest BCUT2D eigenvalue weighted by Gasteiger charge is -2.49. The second-order valence-electron chi connectivity index (χ2n) is 8.66. The minimum atomic E-state index is -1.57. The van der Waals surface area contributed by atoms with Crippen molar-refractivity contribution in [2.45, 2.75) is 43.2 Å². The SMILES string of the molecule is COCO[C@@H]1[C@@H](n2cc(-c3cc(F)c(F)c(F)c3)nn2)[C@H]2O[C@@H](c3ccccc3)OC[C@H]2O[C@@H]1CC=O. The molecule has 2 saturated heterocycles. The molecule has 2 aromatic carbocycles. The molecular formula is C25H24F3N3O6. The van der Waals surface area contributed by atoms with E-state index in [1.165, 1.54) is 18.0 Å². The molecule has 196 valence electrons. The summed E-state index contributed by atoms with van der Waals surface area (Å²) >= 11 is 0. The third-order valence-corrected chi connectivity index (χ3v) is 6.32. The van der Waals surface area contributed by atoms with Gasteiger partial charge in [0.25, 0.3) is 0 Å². The monoisotopic (exact) mass is 519 g/mol. The lowest BCUT2D eigenvalue weighted by Crippen LogP contribution is -2.60. The van der Waals surface area contributed by atoms with Crippen LogP contribution < -0.4 is 0 Å². The highest BCUT2D eigenvalue weighted by atomic mass is 19.2. The highest BCUT2D eigenvalue weighted by Gasteiger charge is 2.51. The third kappa shape index (κ3) is 5.15. The van der Waals surface area contributed by atoms with Crippen molar-refractivity contribution in [2.75, 3.05) is 20.5 Å². The summed E-state index contributed by atoms with van der Waals surface area (Å²) < 4.78 is 72.1. The maximum absolute atomic E-state index is 13.9. The van der Waals surface area contributed by atoms with Gasteiger partial charge in [0.2, 0.25) is 0 Å². The number of ether oxygens (including phenoxy) is 5. The molecule has 0 amide bonds. The topological polar surface area (TPSA) is 93.9 Å². The lowest BCUT2D eigenvalue weighted by molar-refractivity contribution is -0.324. The van der Waals surface area contributed by atoms with Gasteiger partial charge in [-0.1, -0.05) is 35.5 Å². The predicted molar refractivity (Wildman–Crippen MR) is 120 cm³/mol. The number of carbonyl (C=O) groups is 1. The van der Waals surface area contributed by atoms with Gasteiger partial charge >= 0.3 is 0 Å². The Balaban J connectivity index is 1.52. The quantitative estimate of drug-likeness (QED) is 0.254. The number of methoxy groups -OCH3 is 1. The van der Waals surface area contributed by atoms with Crippen LogP contribution in [-0.2, 0) is 28.5 Å². The van der Waals surface area contributed by atoms with E-state index in [4.69, 9.17) is 23.7 Å². The van der Waals surface area contributed by atoms with Crippen molar-refractivity contribution in [3.8, 4) is 11.3 Å². The normalized spacial score (nSPS) is 27.6. The molecule has 3 heterocycles. The molecule has 0 unspecified atom stereocenters. The van der Waals surface area contributed by atoms with E-state index < -0.39 is 54.2 Å². The zero-order valence-corrected chi connectivity index (χ0v) is 19.7. The number of nitrogens with zero attached hydrogens (tertiary/aromatic N) is 3. The van der Waals surface area contributed by atoms with Crippen LogP contribution in [0.2, 0.25) is 0 Å². The summed E-state index contributed by atoms with van der Waals surface area (Å²) in [5.74, 6) is -4.27. The molecule has 0 N–H and O–H groups in total. The van der Waals surface area contributed by atoms with Crippen LogP contribution in [0.5, 0.6) is 0 Å². The van der Waals surface area contributed by atoms with Gasteiger partial charge in [-0.2, -0.15) is 0 Å². The van der Waals surface area contributed by atoms with Gasteiger partial charge in [0.15, 0.2) is 23.7 Å². The van der Waals surface area contributed by atoms with E-state index >= 15 is 0 Å². The number of rotatable bonds is 8. The molecule has 0 aliphatic carbocycles. The maximum atomic E-state index is 13.9. The number of halogens is 3. The molecule has 6 atom stereocenters. The number of benzene rings is 2. The molecule has 0 bridgehead atoms. The Bertz CT molecular complexity index is 1210. The maximum Gasteiger partial charge on any atom is 0.194 e. The first-order valence-corrected chi connectivity index (χ1v) is 11.6. The highest BCUT2D eigenvalue weighted by Crippen LogP contribution is 2.41. The second kappa shape index (κ2) is 11.1. The van der Waals surface area contributed by atoms with Crippen LogP contribution in [0.25, 0.3) is 11.3 Å². The van der Waals surface area contributed by atoms with E-state index in [1.54, 1.807) is 0 Å². The van der Waals surface area contributed by atoms with Crippen LogP contribution >= 0.6 is 0 Å². The summed E-state index contributed by atoms with van der Waals surface area (Å²) in [5, 5.41) is 8.23. The van der Waals surface area contributed by atoms with E-state index in [1.807, 2.05) is 30.3 Å². The number of aldehydes is 1. The molecule has 37 heavy (non-hydrogen) atoms. The minimum absolute atomic E-state index is 0.000110. The highest BCUT2D eigenvalue weighted by molar-refractivity contribution is 5.58. The summed E-state index contributed by atoms with van der Waals surface area (Å²) in [6, 6.07) is 10.3. The molecule has 0 saturated carbocycles. The van der Waals surface area contributed by atoms with Crippen molar-refractivity contribution in [3.05, 3.63) is 71.7 Å². The van der Waals surface area contributed by atoms with Crippen LogP contribution in [0.4, 0.5) is 13.2 Å². The number of aromatic nitrogens is 3. The summed E-state index contributed by atoms with van der Waals surface area (Å²) in [7, 11) is 1.46. The van der Waals surface area contributed by atoms with Crippen molar-refractivity contribution in [1.82, 2.24) is 15.0 Å². The Labute approximate surface area is 210 Å². The molecule has 5 rings (SSSR count). The summed E-state index contributed by atoms with van der Waals surface area (Å²) in [6.45, 7) is 0.0643. The Morgan fingerprint density at radius 2 is 1.89 bits per heavy atom. The first-order chi connectivity index (χ1) is 18.0. The first-order valence-electron chi connectivity index (χ1n) is 11.6.